The molecule has 0 aliphatic carbocycles. The van der Waals surface area contributed by atoms with E-state index in [0.717, 1.165) is 6.07 Å². The highest BCUT2D eigenvalue weighted by molar-refractivity contribution is 9.10. The van der Waals surface area contributed by atoms with Crippen LogP contribution in [0.1, 0.15) is 10.4 Å². The zero-order valence-corrected chi connectivity index (χ0v) is 11.5. The maximum atomic E-state index is 14.0. The van der Waals surface area contributed by atoms with Gasteiger partial charge >= 0.3 is 0 Å². The van der Waals surface area contributed by atoms with Gasteiger partial charge in [-0.2, -0.15) is 0 Å². The molecule has 98 valence electrons. The molecule has 2 aromatic carbocycles. The molecule has 5 heteroatoms. The molecular formula is C14H9BrF2O2. The fourth-order valence-electron chi connectivity index (χ4n) is 1.77. The third kappa shape index (κ3) is 2.51. The molecule has 0 N–H and O–H groups in total. The van der Waals surface area contributed by atoms with Gasteiger partial charge in [0.1, 0.15) is 17.4 Å². The summed E-state index contributed by atoms with van der Waals surface area (Å²) in [5.74, 6) is -1.04. The number of methoxy groups -OCH3 is 1. The van der Waals surface area contributed by atoms with Crippen LogP contribution in [0, 0.1) is 11.6 Å². The number of hydrogen-bond donors (Lipinski definition) is 0. The zero-order chi connectivity index (χ0) is 14.0. The van der Waals surface area contributed by atoms with Crippen molar-refractivity contribution in [2.45, 2.75) is 0 Å². The van der Waals surface area contributed by atoms with E-state index in [4.69, 9.17) is 4.74 Å². The van der Waals surface area contributed by atoms with Crippen LogP contribution in [0.15, 0.2) is 34.8 Å². The van der Waals surface area contributed by atoms with Crippen LogP contribution >= 0.6 is 15.9 Å². The van der Waals surface area contributed by atoms with Crippen LogP contribution in [-0.4, -0.2) is 13.4 Å². The van der Waals surface area contributed by atoms with Crippen LogP contribution in [0.5, 0.6) is 5.75 Å². The molecular weight excluding hydrogens is 318 g/mol. The highest BCUT2D eigenvalue weighted by Crippen LogP contribution is 2.32. The van der Waals surface area contributed by atoms with E-state index in [-0.39, 0.29) is 21.2 Å². The lowest BCUT2D eigenvalue weighted by atomic mass is 10.0. The second kappa shape index (κ2) is 5.48. The highest BCUT2D eigenvalue weighted by Gasteiger charge is 2.15. The minimum absolute atomic E-state index is 0.160. The lowest BCUT2D eigenvalue weighted by Gasteiger charge is -2.09. The third-order valence-electron chi connectivity index (χ3n) is 2.69. The van der Waals surface area contributed by atoms with Crippen LogP contribution in [-0.2, 0) is 0 Å². The Kier molecular flexibility index (Phi) is 3.95. The average molecular weight is 327 g/mol. The third-order valence-corrected chi connectivity index (χ3v) is 3.30. The smallest absolute Gasteiger partial charge is 0.153 e. The van der Waals surface area contributed by atoms with Crippen LogP contribution < -0.4 is 4.74 Å². The molecule has 0 unspecified atom stereocenters. The standard InChI is InChI=1S/C14H9BrF2O2/c1-19-12-5-2-8(6-9(12)7-18)13-11(16)4-3-10(15)14(13)17/h2-7H,1H3. The maximum absolute atomic E-state index is 14.0. The van der Waals surface area contributed by atoms with E-state index in [0.29, 0.717) is 12.0 Å². The molecule has 0 heterocycles. The molecule has 0 aliphatic rings. The van der Waals surface area contributed by atoms with Gasteiger partial charge in [-0.05, 0) is 45.8 Å². The number of halogens is 3. The summed E-state index contributed by atoms with van der Waals surface area (Å²) in [6, 6.07) is 6.84. The molecule has 0 saturated heterocycles. The Morgan fingerprint density at radius 2 is 1.95 bits per heavy atom. The maximum Gasteiger partial charge on any atom is 0.153 e. The molecule has 0 radical (unpaired) electrons. The largest absolute Gasteiger partial charge is 0.496 e. The Morgan fingerprint density at radius 1 is 1.21 bits per heavy atom. The number of ether oxygens (including phenoxy) is 1. The van der Waals surface area contributed by atoms with Crippen molar-refractivity contribution in [2.24, 2.45) is 0 Å². The van der Waals surface area contributed by atoms with Crippen LogP contribution in [0.25, 0.3) is 11.1 Å². The van der Waals surface area contributed by atoms with Crippen molar-refractivity contribution in [1.29, 1.82) is 0 Å². The van der Waals surface area contributed by atoms with Gasteiger partial charge in [-0.1, -0.05) is 6.07 Å². The van der Waals surface area contributed by atoms with Crippen molar-refractivity contribution < 1.29 is 18.3 Å². The number of benzene rings is 2. The predicted molar refractivity (Wildman–Crippen MR) is 71.4 cm³/mol. The molecule has 19 heavy (non-hydrogen) atoms. The van der Waals surface area contributed by atoms with Gasteiger partial charge in [-0.15, -0.1) is 0 Å². The Balaban J connectivity index is 2.66. The highest BCUT2D eigenvalue weighted by atomic mass is 79.9. The summed E-state index contributed by atoms with van der Waals surface area (Å²) in [4.78, 5) is 10.9. The van der Waals surface area contributed by atoms with Crippen molar-refractivity contribution in [3.8, 4) is 16.9 Å². The van der Waals surface area contributed by atoms with Gasteiger partial charge in [0.15, 0.2) is 6.29 Å². The first-order valence-corrected chi connectivity index (χ1v) is 6.15. The van der Waals surface area contributed by atoms with Crippen molar-refractivity contribution >= 4 is 22.2 Å². The van der Waals surface area contributed by atoms with Gasteiger partial charge in [0, 0.05) is 0 Å². The molecule has 0 saturated carbocycles. The first kappa shape index (κ1) is 13.7. The SMILES string of the molecule is COc1ccc(-c2c(F)ccc(Br)c2F)cc1C=O. The first-order chi connectivity index (χ1) is 9.08. The van der Waals surface area contributed by atoms with Gasteiger partial charge in [0.25, 0.3) is 0 Å². The Hall–Kier alpha value is -1.75. The number of carbonyl (C=O) groups excluding carboxylic acids is 1. The van der Waals surface area contributed by atoms with Gasteiger partial charge in [-0.25, -0.2) is 8.78 Å². The topological polar surface area (TPSA) is 26.3 Å². The van der Waals surface area contributed by atoms with Crippen molar-refractivity contribution in [3.63, 3.8) is 0 Å². The van der Waals surface area contributed by atoms with E-state index >= 15 is 0 Å². The summed E-state index contributed by atoms with van der Waals surface area (Å²) in [6.07, 6.45) is 0.579. The number of carbonyl (C=O) groups is 1. The minimum atomic E-state index is -0.706. The molecule has 0 aromatic heterocycles. The van der Waals surface area contributed by atoms with Crippen LogP contribution in [0.2, 0.25) is 0 Å². The molecule has 2 nitrogen and oxygen atoms in total. The first-order valence-electron chi connectivity index (χ1n) is 5.35. The summed E-state index contributed by atoms with van der Waals surface area (Å²) in [7, 11) is 1.42. The molecule has 0 amide bonds. The summed E-state index contributed by atoms with van der Waals surface area (Å²) in [5, 5.41) is 0. The number of aldehydes is 1. The molecule has 0 fully saturated rings. The molecule has 0 spiro atoms. The van der Waals surface area contributed by atoms with E-state index < -0.39 is 11.6 Å². The Labute approximate surface area is 117 Å². The predicted octanol–water partition coefficient (Wildman–Crippen LogP) is 4.22. The lowest BCUT2D eigenvalue weighted by Crippen LogP contribution is -1.95. The molecule has 2 aromatic rings. The van der Waals surface area contributed by atoms with Crippen LogP contribution in [0.4, 0.5) is 8.78 Å². The Bertz CT molecular complexity index is 642. The van der Waals surface area contributed by atoms with Crippen molar-refractivity contribution in [3.05, 3.63) is 52.0 Å². The molecule has 0 atom stereocenters. The molecule has 2 rings (SSSR count). The van der Waals surface area contributed by atoms with E-state index in [1.807, 2.05) is 0 Å². The van der Waals surface area contributed by atoms with Crippen molar-refractivity contribution in [2.75, 3.05) is 7.11 Å². The Morgan fingerprint density at radius 3 is 2.58 bits per heavy atom. The van der Waals surface area contributed by atoms with Crippen molar-refractivity contribution in [1.82, 2.24) is 0 Å². The second-order valence-corrected chi connectivity index (χ2v) is 4.65. The number of rotatable bonds is 3. The van der Waals surface area contributed by atoms with Gasteiger partial charge in [-0.3, -0.25) is 4.79 Å². The summed E-state index contributed by atoms with van der Waals surface area (Å²) < 4.78 is 32.9. The quantitative estimate of drug-likeness (QED) is 0.623. The molecule has 0 bridgehead atoms. The summed E-state index contributed by atoms with van der Waals surface area (Å²) >= 11 is 3.01. The second-order valence-electron chi connectivity index (χ2n) is 3.79. The lowest BCUT2D eigenvalue weighted by molar-refractivity contribution is 0.112. The monoisotopic (exact) mass is 326 g/mol. The van der Waals surface area contributed by atoms with E-state index in [9.17, 15) is 13.6 Å². The summed E-state index contributed by atoms with van der Waals surface area (Å²) in [5.41, 5.74) is 0.332. The zero-order valence-electron chi connectivity index (χ0n) is 9.91. The fraction of sp³-hybridized carbons (Fsp3) is 0.0714. The minimum Gasteiger partial charge on any atom is -0.496 e. The van der Waals surface area contributed by atoms with E-state index in [1.165, 1.54) is 31.4 Å². The molecule has 0 aliphatic heterocycles. The van der Waals surface area contributed by atoms with Gasteiger partial charge in [0.05, 0.1) is 22.7 Å². The van der Waals surface area contributed by atoms with E-state index in [1.54, 1.807) is 0 Å². The van der Waals surface area contributed by atoms with Gasteiger partial charge in [0.2, 0.25) is 0 Å². The van der Waals surface area contributed by atoms with Crippen LogP contribution in [0.3, 0.4) is 0 Å². The van der Waals surface area contributed by atoms with E-state index in [2.05, 4.69) is 15.9 Å². The fourth-order valence-corrected chi connectivity index (χ4v) is 2.10. The van der Waals surface area contributed by atoms with Gasteiger partial charge < -0.3 is 4.74 Å². The summed E-state index contributed by atoms with van der Waals surface area (Å²) in [6.45, 7) is 0. The number of hydrogen-bond acceptors (Lipinski definition) is 2. The average Bonchev–Trinajstić information content (AvgIpc) is 2.43. The normalized spacial score (nSPS) is 10.3.